The van der Waals surface area contributed by atoms with Crippen molar-refractivity contribution < 1.29 is 14.7 Å². The summed E-state index contributed by atoms with van der Waals surface area (Å²) >= 11 is 0. The van der Waals surface area contributed by atoms with Crippen molar-refractivity contribution >= 4 is 22.9 Å². The lowest BCUT2D eigenvalue weighted by Crippen LogP contribution is -2.03. The van der Waals surface area contributed by atoms with Crippen LogP contribution >= 0.6 is 0 Å². The number of unbranched alkanes of at least 4 members (excludes halogenated alkanes) is 2. The Morgan fingerprint density at radius 1 is 1.20 bits per heavy atom. The van der Waals surface area contributed by atoms with Crippen LogP contribution in [0, 0.1) is 4.91 Å². The predicted octanol–water partition coefficient (Wildman–Crippen LogP) is 5.63. The summed E-state index contributed by atoms with van der Waals surface area (Å²) in [6, 6.07) is 3.03. The van der Waals surface area contributed by atoms with E-state index in [4.69, 9.17) is 9.47 Å². The van der Waals surface area contributed by atoms with Gasteiger partial charge in [-0.2, -0.15) is 0 Å². The van der Waals surface area contributed by atoms with Crippen LogP contribution in [0.4, 0.5) is 11.4 Å². The van der Waals surface area contributed by atoms with Crippen molar-refractivity contribution in [1.29, 1.82) is 0 Å². The fraction of sp³-hybridized carbons (Fsp3) is 0.368. The van der Waals surface area contributed by atoms with Crippen molar-refractivity contribution in [2.24, 2.45) is 5.18 Å². The summed E-state index contributed by atoms with van der Waals surface area (Å²) in [7, 11) is 2.98. The molecule has 1 rings (SSSR count). The normalized spacial score (nSPS) is 10.8. The molecular weight excluding hydrogens is 320 g/mol. The SMILES string of the molecule is C=C(OC)c1c(NO)ccc(N=O)c1/C(=C\CCCC=C(C)C)OC. The van der Waals surface area contributed by atoms with Crippen molar-refractivity contribution in [3.8, 4) is 0 Å². The van der Waals surface area contributed by atoms with Gasteiger partial charge in [0.2, 0.25) is 0 Å². The molecule has 6 nitrogen and oxygen atoms in total. The van der Waals surface area contributed by atoms with Gasteiger partial charge in [-0.15, -0.1) is 4.91 Å². The third-order valence-electron chi connectivity index (χ3n) is 3.68. The number of allylic oxidation sites excluding steroid dienone is 3. The largest absolute Gasteiger partial charge is 0.497 e. The minimum atomic E-state index is 0.185. The number of benzene rings is 1. The second kappa shape index (κ2) is 10.3. The van der Waals surface area contributed by atoms with Crippen LogP contribution in [0.1, 0.15) is 44.2 Å². The zero-order valence-electron chi connectivity index (χ0n) is 15.3. The smallest absolute Gasteiger partial charge is 0.125 e. The Hall–Kier alpha value is -2.60. The van der Waals surface area contributed by atoms with Crippen LogP contribution < -0.4 is 5.48 Å². The van der Waals surface area contributed by atoms with Crippen LogP contribution in [-0.4, -0.2) is 19.4 Å². The van der Waals surface area contributed by atoms with Gasteiger partial charge in [0, 0.05) is 0 Å². The molecule has 0 saturated carbocycles. The summed E-state index contributed by atoms with van der Waals surface area (Å²) in [5, 5.41) is 12.5. The maximum atomic E-state index is 11.3. The number of hydrogen-bond acceptors (Lipinski definition) is 6. The number of ether oxygens (including phenoxy) is 2. The second-order valence-corrected chi connectivity index (χ2v) is 5.70. The van der Waals surface area contributed by atoms with Gasteiger partial charge in [0.1, 0.15) is 17.2 Å². The van der Waals surface area contributed by atoms with Crippen molar-refractivity contribution in [1.82, 2.24) is 0 Å². The van der Waals surface area contributed by atoms with Crippen LogP contribution in [0.25, 0.3) is 11.5 Å². The molecule has 0 unspecified atom stereocenters. The number of rotatable bonds is 10. The molecule has 0 aliphatic rings. The van der Waals surface area contributed by atoms with Crippen molar-refractivity contribution in [2.75, 3.05) is 19.7 Å². The zero-order valence-corrected chi connectivity index (χ0v) is 15.3. The van der Waals surface area contributed by atoms with E-state index in [1.165, 1.54) is 31.9 Å². The third-order valence-corrected chi connectivity index (χ3v) is 3.68. The number of nitroso groups, excluding NO2 is 1. The molecule has 0 spiro atoms. The van der Waals surface area contributed by atoms with E-state index in [1.807, 2.05) is 6.08 Å². The quantitative estimate of drug-likeness (QED) is 0.189. The molecule has 25 heavy (non-hydrogen) atoms. The number of anilines is 1. The molecule has 0 aliphatic carbocycles. The monoisotopic (exact) mass is 346 g/mol. The van der Waals surface area contributed by atoms with Crippen LogP contribution in [0.5, 0.6) is 0 Å². The summed E-state index contributed by atoms with van der Waals surface area (Å²) in [5.41, 5.74) is 4.78. The zero-order chi connectivity index (χ0) is 18.8. The summed E-state index contributed by atoms with van der Waals surface area (Å²) in [6.45, 7) is 7.95. The maximum Gasteiger partial charge on any atom is 0.125 e. The number of hydrogen-bond donors (Lipinski definition) is 2. The molecule has 6 heteroatoms. The summed E-state index contributed by atoms with van der Waals surface area (Å²) < 4.78 is 10.7. The van der Waals surface area contributed by atoms with E-state index >= 15 is 0 Å². The van der Waals surface area contributed by atoms with Crippen molar-refractivity contribution in [3.05, 3.63) is 52.5 Å². The Labute approximate surface area is 148 Å². The highest BCUT2D eigenvalue weighted by atomic mass is 16.5. The van der Waals surface area contributed by atoms with E-state index in [0.29, 0.717) is 22.6 Å². The van der Waals surface area contributed by atoms with E-state index in [2.05, 4.69) is 37.2 Å². The molecule has 0 bridgehead atoms. The molecule has 0 aliphatic heterocycles. The predicted molar refractivity (Wildman–Crippen MR) is 102 cm³/mol. The van der Waals surface area contributed by atoms with Crippen LogP contribution in [0.3, 0.4) is 0 Å². The molecule has 2 N–H and O–H groups in total. The van der Waals surface area contributed by atoms with Gasteiger partial charge in [-0.05, 0) is 56.5 Å². The molecule has 0 amide bonds. The van der Waals surface area contributed by atoms with Gasteiger partial charge in [0.25, 0.3) is 0 Å². The Morgan fingerprint density at radius 2 is 1.88 bits per heavy atom. The molecular formula is C19H26N2O4. The average molecular weight is 346 g/mol. The Bertz CT molecular complexity index is 674. The first-order valence-corrected chi connectivity index (χ1v) is 8.01. The number of nitrogens with one attached hydrogen (secondary N) is 1. The van der Waals surface area contributed by atoms with Gasteiger partial charge in [0.05, 0.1) is 31.0 Å². The molecule has 0 radical (unpaired) electrons. The van der Waals surface area contributed by atoms with Crippen LogP contribution in [0.15, 0.2) is 41.6 Å². The van der Waals surface area contributed by atoms with Crippen molar-refractivity contribution in [2.45, 2.75) is 33.1 Å². The van der Waals surface area contributed by atoms with Gasteiger partial charge in [0.15, 0.2) is 0 Å². The van der Waals surface area contributed by atoms with E-state index < -0.39 is 0 Å². The lowest BCUT2D eigenvalue weighted by Gasteiger charge is -2.18. The second-order valence-electron chi connectivity index (χ2n) is 5.70. The fourth-order valence-corrected chi connectivity index (χ4v) is 2.43. The Balaban J connectivity index is 3.31. The first kappa shape index (κ1) is 20.4. The van der Waals surface area contributed by atoms with Crippen molar-refractivity contribution in [3.63, 3.8) is 0 Å². The highest BCUT2D eigenvalue weighted by Crippen LogP contribution is 2.38. The topological polar surface area (TPSA) is 80.1 Å². The highest BCUT2D eigenvalue weighted by Gasteiger charge is 2.21. The minimum absolute atomic E-state index is 0.185. The summed E-state index contributed by atoms with van der Waals surface area (Å²) in [4.78, 5) is 11.3. The average Bonchev–Trinajstić information content (AvgIpc) is 2.62. The van der Waals surface area contributed by atoms with E-state index in [9.17, 15) is 10.1 Å². The first-order chi connectivity index (χ1) is 12.0. The molecule has 0 fully saturated rings. The molecule has 0 aromatic heterocycles. The molecule has 0 saturated heterocycles. The molecule has 136 valence electrons. The molecule has 1 aromatic carbocycles. The highest BCUT2D eigenvalue weighted by molar-refractivity contribution is 5.87. The van der Waals surface area contributed by atoms with Gasteiger partial charge in [-0.1, -0.05) is 18.2 Å². The van der Waals surface area contributed by atoms with Gasteiger partial charge < -0.3 is 9.47 Å². The van der Waals surface area contributed by atoms with Gasteiger partial charge in [-0.3, -0.25) is 10.7 Å². The van der Waals surface area contributed by atoms with E-state index in [0.717, 1.165) is 19.3 Å². The summed E-state index contributed by atoms with van der Waals surface area (Å²) in [5.74, 6) is 0.765. The lowest BCUT2D eigenvalue weighted by molar-refractivity contribution is 0.360. The fourth-order valence-electron chi connectivity index (χ4n) is 2.43. The van der Waals surface area contributed by atoms with E-state index in [-0.39, 0.29) is 11.4 Å². The molecule has 0 atom stereocenters. The number of methoxy groups -OCH3 is 2. The standard InChI is InChI=1S/C19H26N2O4/c1-13(2)9-7-6-8-10-17(25-5)19-16(21-23)12-11-15(20-22)18(19)14(3)24-4/h9-12,20,22H,3,6-8H2,1-2,4-5H3/b17-10+. The minimum Gasteiger partial charge on any atom is -0.497 e. The first-order valence-electron chi connectivity index (χ1n) is 8.01. The molecule has 0 heterocycles. The lowest BCUT2D eigenvalue weighted by atomic mass is 9.99. The van der Waals surface area contributed by atoms with Gasteiger partial charge >= 0.3 is 0 Å². The summed E-state index contributed by atoms with van der Waals surface area (Å²) in [6.07, 6.45) is 6.75. The Morgan fingerprint density at radius 3 is 2.40 bits per heavy atom. The van der Waals surface area contributed by atoms with E-state index in [1.54, 1.807) is 0 Å². The third kappa shape index (κ3) is 5.46. The Kier molecular flexibility index (Phi) is 8.43. The molecule has 1 aromatic rings. The van der Waals surface area contributed by atoms with Gasteiger partial charge in [-0.25, -0.2) is 0 Å². The van der Waals surface area contributed by atoms with Crippen LogP contribution in [-0.2, 0) is 9.47 Å². The van der Waals surface area contributed by atoms with Crippen LogP contribution in [0.2, 0.25) is 0 Å². The number of nitrogens with zero attached hydrogens (tertiary/aromatic N) is 1. The maximum absolute atomic E-state index is 11.3.